The predicted octanol–water partition coefficient (Wildman–Crippen LogP) is 4.14. The highest BCUT2D eigenvalue weighted by atomic mass is 19.1. The third kappa shape index (κ3) is 4.81. The Morgan fingerprint density at radius 3 is 2.38 bits per heavy atom. The monoisotopic (exact) mass is 462 g/mol. The minimum Gasteiger partial charge on any atom is -0.497 e. The molecule has 5 rings (SSSR count). The molecule has 0 bridgehead atoms. The SMILES string of the molecule is COc1ccc(CC(=O)N2CCc3nc(N4CCCC4)nc(Oc4ccc(F)cc4)c3C2)cc1. The van der Waals surface area contributed by atoms with Crippen LogP contribution >= 0.6 is 0 Å². The van der Waals surface area contributed by atoms with Crippen LogP contribution < -0.4 is 14.4 Å². The summed E-state index contributed by atoms with van der Waals surface area (Å²) in [7, 11) is 1.62. The molecule has 0 N–H and O–H groups in total. The second kappa shape index (κ2) is 9.67. The van der Waals surface area contributed by atoms with Crippen LogP contribution in [-0.4, -0.2) is 47.5 Å². The molecule has 34 heavy (non-hydrogen) atoms. The van der Waals surface area contributed by atoms with Gasteiger partial charge in [0, 0.05) is 26.1 Å². The van der Waals surface area contributed by atoms with Crippen molar-refractivity contribution >= 4 is 11.9 Å². The van der Waals surface area contributed by atoms with Crippen molar-refractivity contribution < 1.29 is 18.7 Å². The molecule has 2 aliphatic rings. The molecule has 0 spiro atoms. The van der Waals surface area contributed by atoms with Gasteiger partial charge in [-0.15, -0.1) is 0 Å². The standard InChI is InChI=1S/C26H27FN4O3/c1-33-20-8-4-18(5-9-20)16-24(32)31-15-12-23-22(17-31)25(34-21-10-6-19(27)7-11-21)29-26(28-23)30-13-2-3-14-30/h4-11H,2-3,12-17H2,1H3. The fourth-order valence-electron chi connectivity index (χ4n) is 4.37. The lowest BCUT2D eigenvalue weighted by atomic mass is 10.0. The fourth-order valence-corrected chi connectivity index (χ4v) is 4.37. The normalized spacial score (nSPS) is 15.2. The molecule has 2 aromatic carbocycles. The Kier molecular flexibility index (Phi) is 6.29. The summed E-state index contributed by atoms with van der Waals surface area (Å²) in [6.07, 6.45) is 3.16. The molecule has 8 heteroatoms. The Hall–Kier alpha value is -3.68. The maximum atomic E-state index is 13.4. The van der Waals surface area contributed by atoms with Crippen LogP contribution in [0, 0.1) is 5.82 Å². The highest BCUT2D eigenvalue weighted by Crippen LogP contribution is 2.32. The number of anilines is 1. The number of benzene rings is 2. The maximum absolute atomic E-state index is 13.4. The van der Waals surface area contributed by atoms with E-state index in [4.69, 9.17) is 19.4 Å². The van der Waals surface area contributed by atoms with Crippen molar-refractivity contribution in [1.82, 2.24) is 14.9 Å². The number of hydrogen-bond acceptors (Lipinski definition) is 6. The first-order valence-corrected chi connectivity index (χ1v) is 11.6. The molecule has 0 saturated carbocycles. The smallest absolute Gasteiger partial charge is 0.229 e. The molecule has 1 saturated heterocycles. The molecule has 0 radical (unpaired) electrons. The topological polar surface area (TPSA) is 67.8 Å². The molecule has 2 aliphatic heterocycles. The average molecular weight is 463 g/mol. The number of carbonyl (C=O) groups is 1. The zero-order valence-corrected chi connectivity index (χ0v) is 19.2. The van der Waals surface area contributed by atoms with Crippen LogP contribution in [-0.2, 0) is 24.2 Å². The Morgan fingerprint density at radius 1 is 0.971 bits per heavy atom. The third-order valence-electron chi connectivity index (χ3n) is 6.29. The third-order valence-corrected chi connectivity index (χ3v) is 6.29. The van der Waals surface area contributed by atoms with E-state index in [2.05, 4.69) is 4.90 Å². The van der Waals surface area contributed by atoms with E-state index in [1.165, 1.54) is 12.1 Å². The first-order chi connectivity index (χ1) is 16.6. The lowest BCUT2D eigenvalue weighted by Gasteiger charge is -2.30. The number of amides is 1. The van der Waals surface area contributed by atoms with Gasteiger partial charge in [0.2, 0.25) is 17.7 Å². The van der Waals surface area contributed by atoms with Gasteiger partial charge >= 0.3 is 0 Å². The van der Waals surface area contributed by atoms with E-state index in [1.807, 2.05) is 29.2 Å². The van der Waals surface area contributed by atoms with Crippen molar-refractivity contribution in [1.29, 1.82) is 0 Å². The summed E-state index contributed by atoms with van der Waals surface area (Å²) < 4.78 is 24.7. The zero-order valence-electron chi connectivity index (χ0n) is 19.2. The molecule has 3 aromatic rings. The van der Waals surface area contributed by atoms with E-state index in [0.29, 0.717) is 43.5 Å². The highest BCUT2D eigenvalue weighted by molar-refractivity contribution is 5.79. The van der Waals surface area contributed by atoms with E-state index in [9.17, 15) is 9.18 Å². The van der Waals surface area contributed by atoms with Crippen molar-refractivity contribution in [2.45, 2.75) is 32.2 Å². The van der Waals surface area contributed by atoms with Crippen LogP contribution in [0.4, 0.5) is 10.3 Å². The van der Waals surface area contributed by atoms with Crippen LogP contribution in [0.15, 0.2) is 48.5 Å². The molecular weight excluding hydrogens is 435 g/mol. The Morgan fingerprint density at radius 2 is 1.68 bits per heavy atom. The highest BCUT2D eigenvalue weighted by Gasteiger charge is 2.28. The Bertz CT molecular complexity index is 1160. The number of methoxy groups -OCH3 is 1. The van der Waals surface area contributed by atoms with Crippen molar-refractivity contribution in [2.75, 3.05) is 31.6 Å². The van der Waals surface area contributed by atoms with Crippen molar-refractivity contribution in [3.8, 4) is 17.4 Å². The molecule has 1 fully saturated rings. The van der Waals surface area contributed by atoms with Gasteiger partial charge < -0.3 is 19.3 Å². The number of halogens is 1. The molecule has 0 aliphatic carbocycles. The van der Waals surface area contributed by atoms with Gasteiger partial charge in [-0.2, -0.15) is 4.98 Å². The van der Waals surface area contributed by atoms with Gasteiger partial charge in [0.15, 0.2) is 0 Å². The number of fused-ring (bicyclic) bond motifs is 1. The van der Waals surface area contributed by atoms with E-state index >= 15 is 0 Å². The lowest BCUT2D eigenvalue weighted by molar-refractivity contribution is -0.131. The van der Waals surface area contributed by atoms with Gasteiger partial charge in [0.25, 0.3) is 0 Å². The average Bonchev–Trinajstić information content (AvgIpc) is 3.41. The van der Waals surface area contributed by atoms with Gasteiger partial charge in [-0.1, -0.05) is 12.1 Å². The van der Waals surface area contributed by atoms with Crippen LogP contribution in [0.1, 0.15) is 29.7 Å². The minimum absolute atomic E-state index is 0.0344. The van der Waals surface area contributed by atoms with Gasteiger partial charge in [-0.05, 0) is 54.8 Å². The van der Waals surface area contributed by atoms with E-state index < -0.39 is 0 Å². The van der Waals surface area contributed by atoms with Crippen LogP contribution in [0.2, 0.25) is 0 Å². The van der Waals surface area contributed by atoms with E-state index in [-0.39, 0.29) is 11.7 Å². The minimum atomic E-state index is -0.329. The first-order valence-electron chi connectivity index (χ1n) is 11.6. The van der Waals surface area contributed by atoms with Crippen molar-refractivity contribution in [2.24, 2.45) is 0 Å². The predicted molar refractivity (Wildman–Crippen MR) is 126 cm³/mol. The van der Waals surface area contributed by atoms with Gasteiger partial charge in [0.1, 0.15) is 17.3 Å². The number of rotatable bonds is 6. The second-order valence-electron chi connectivity index (χ2n) is 8.59. The van der Waals surface area contributed by atoms with Gasteiger partial charge in [-0.25, -0.2) is 9.37 Å². The fraction of sp³-hybridized carbons (Fsp3) is 0.346. The number of aromatic nitrogens is 2. The largest absolute Gasteiger partial charge is 0.497 e. The van der Waals surface area contributed by atoms with Crippen molar-refractivity contribution in [3.05, 3.63) is 71.2 Å². The maximum Gasteiger partial charge on any atom is 0.229 e. The zero-order chi connectivity index (χ0) is 23.5. The Balaban J connectivity index is 1.39. The number of ether oxygens (including phenoxy) is 2. The van der Waals surface area contributed by atoms with Crippen LogP contribution in [0.25, 0.3) is 0 Å². The molecule has 0 unspecified atom stereocenters. The molecule has 7 nitrogen and oxygen atoms in total. The van der Waals surface area contributed by atoms with Gasteiger partial charge in [-0.3, -0.25) is 4.79 Å². The number of hydrogen-bond donors (Lipinski definition) is 0. The molecular formula is C26H27FN4O3. The van der Waals surface area contributed by atoms with E-state index in [0.717, 1.165) is 48.5 Å². The second-order valence-corrected chi connectivity index (χ2v) is 8.59. The summed E-state index contributed by atoms with van der Waals surface area (Å²) in [4.78, 5) is 26.6. The Labute approximate surface area is 198 Å². The summed E-state index contributed by atoms with van der Waals surface area (Å²) >= 11 is 0. The summed E-state index contributed by atoms with van der Waals surface area (Å²) in [6.45, 7) is 2.80. The molecule has 3 heterocycles. The summed E-state index contributed by atoms with van der Waals surface area (Å²) in [5, 5.41) is 0. The quantitative estimate of drug-likeness (QED) is 0.549. The lowest BCUT2D eigenvalue weighted by Crippen LogP contribution is -2.38. The summed E-state index contributed by atoms with van der Waals surface area (Å²) in [6, 6.07) is 13.4. The van der Waals surface area contributed by atoms with Gasteiger partial charge in [0.05, 0.1) is 31.3 Å². The molecule has 176 valence electrons. The first kappa shape index (κ1) is 22.1. The molecule has 0 atom stereocenters. The molecule has 1 aromatic heterocycles. The van der Waals surface area contributed by atoms with Crippen LogP contribution in [0.3, 0.4) is 0 Å². The van der Waals surface area contributed by atoms with E-state index in [1.54, 1.807) is 19.2 Å². The summed E-state index contributed by atoms with van der Waals surface area (Å²) in [5.74, 6) is 2.05. The van der Waals surface area contributed by atoms with Crippen LogP contribution in [0.5, 0.6) is 17.4 Å². The van der Waals surface area contributed by atoms with Crippen molar-refractivity contribution in [3.63, 3.8) is 0 Å². The number of carbonyl (C=O) groups excluding carboxylic acids is 1. The number of nitrogens with zero attached hydrogens (tertiary/aromatic N) is 4. The summed E-state index contributed by atoms with van der Waals surface area (Å²) in [5.41, 5.74) is 2.64. The molecule has 1 amide bonds.